The van der Waals surface area contributed by atoms with Gasteiger partial charge in [-0.2, -0.15) is 0 Å². The van der Waals surface area contributed by atoms with E-state index in [1.165, 1.54) is 6.20 Å². The molecule has 12 heavy (non-hydrogen) atoms. The van der Waals surface area contributed by atoms with Gasteiger partial charge in [-0.25, -0.2) is 4.98 Å². The average Bonchev–Trinajstić information content (AvgIpc) is 2.04. The summed E-state index contributed by atoms with van der Waals surface area (Å²) in [6.07, 6.45) is 1.28. The minimum Gasteiger partial charge on any atom is -0.319 e. The van der Waals surface area contributed by atoms with Crippen molar-refractivity contribution >= 4 is 20.9 Å². The van der Waals surface area contributed by atoms with Crippen molar-refractivity contribution in [1.29, 1.82) is 0 Å². The number of aromatic amines is 1. The summed E-state index contributed by atoms with van der Waals surface area (Å²) >= 11 is 0. The summed E-state index contributed by atoms with van der Waals surface area (Å²) in [6, 6.07) is 7.42. The van der Waals surface area contributed by atoms with Crippen LogP contribution >= 0.6 is 9.90 Å². The van der Waals surface area contributed by atoms with Crippen molar-refractivity contribution in [3.63, 3.8) is 0 Å². The second-order valence-corrected chi connectivity index (χ2v) is 2.26. The second-order valence-electron chi connectivity index (χ2n) is 2.26. The van der Waals surface area contributed by atoms with E-state index in [0.29, 0.717) is 0 Å². The fourth-order valence-electron chi connectivity index (χ4n) is 0.985. The van der Waals surface area contributed by atoms with Gasteiger partial charge < -0.3 is 4.98 Å². The van der Waals surface area contributed by atoms with Gasteiger partial charge in [-0.15, -0.1) is 0 Å². The van der Waals surface area contributed by atoms with Crippen molar-refractivity contribution < 1.29 is 0 Å². The standard InChI is InChI=1S/C8H6N2O.P/c11-8-5-9-6-3-1-2-4-7(6)10-8;/h1-5H,(H,10,11);. The number of H-pyrrole nitrogens is 1. The minimum atomic E-state index is -0.163. The molecular weight excluding hydrogens is 171 g/mol. The van der Waals surface area contributed by atoms with E-state index in [0.717, 1.165) is 11.0 Å². The molecule has 2 rings (SSSR count). The van der Waals surface area contributed by atoms with Crippen LogP contribution in [0.1, 0.15) is 0 Å². The number of aromatic nitrogens is 2. The van der Waals surface area contributed by atoms with E-state index in [9.17, 15) is 4.79 Å². The van der Waals surface area contributed by atoms with Crippen LogP contribution in [0.5, 0.6) is 0 Å². The third-order valence-electron chi connectivity index (χ3n) is 1.48. The maximum Gasteiger partial charge on any atom is 0.266 e. The maximum absolute atomic E-state index is 10.8. The molecule has 0 spiro atoms. The lowest BCUT2D eigenvalue weighted by Gasteiger charge is -1.92. The minimum absolute atomic E-state index is 0. The van der Waals surface area contributed by atoms with E-state index in [2.05, 4.69) is 9.97 Å². The SMILES string of the molecule is O=c1cnc2ccccc2[nH]1.[P]. The molecule has 0 fully saturated rings. The number of fused-ring (bicyclic) bond motifs is 1. The zero-order chi connectivity index (χ0) is 7.68. The molecule has 0 bridgehead atoms. The van der Waals surface area contributed by atoms with Crippen LogP contribution in [-0.2, 0) is 0 Å². The quantitative estimate of drug-likeness (QED) is 0.623. The van der Waals surface area contributed by atoms with Crippen LogP contribution in [0.15, 0.2) is 35.3 Å². The van der Waals surface area contributed by atoms with Crippen molar-refractivity contribution in [1.82, 2.24) is 9.97 Å². The van der Waals surface area contributed by atoms with Crippen LogP contribution in [0.25, 0.3) is 11.0 Å². The molecule has 1 aromatic carbocycles. The van der Waals surface area contributed by atoms with Gasteiger partial charge in [-0.1, -0.05) is 12.1 Å². The van der Waals surface area contributed by atoms with Gasteiger partial charge >= 0.3 is 0 Å². The van der Waals surface area contributed by atoms with Crippen LogP contribution in [-0.4, -0.2) is 9.97 Å². The first-order chi connectivity index (χ1) is 5.36. The highest BCUT2D eigenvalue weighted by molar-refractivity contribution is 6.92. The molecule has 1 heterocycles. The number of hydrogen-bond donors (Lipinski definition) is 1. The summed E-state index contributed by atoms with van der Waals surface area (Å²) in [5.74, 6) is 0. The lowest BCUT2D eigenvalue weighted by molar-refractivity contribution is 1.22. The molecule has 0 unspecified atom stereocenters. The predicted octanol–water partition coefficient (Wildman–Crippen LogP) is 1.78. The topological polar surface area (TPSA) is 45.8 Å². The molecule has 0 aliphatic carbocycles. The molecule has 0 aliphatic heterocycles. The molecule has 4 heteroatoms. The highest BCUT2D eigenvalue weighted by Crippen LogP contribution is 2.02. The number of hydrogen-bond acceptors (Lipinski definition) is 2. The normalized spacial score (nSPS) is 9.33. The molecule has 1 aromatic heterocycles. The number of nitrogens with one attached hydrogen (secondary N) is 1. The molecule has 2 aromatic rings. The Bertz CT molecular complexity index is 438. The molecule has 0 atom stereocenters. The van der Waals surface area contributed by atoms with Gasteiger partial charge in [-0.05, 0) is 12.1 Å². The molecule has 0 aliphatic rings. The first-order valence-corrected chi connectivity index (χ1v) is 3.30. The first kappa shape index (κ1) is 8.88. The summed E-state index contributed by atoms with van der Waals surface area (Å²) in [4.78, 5) is 17.4. The van der Waals surface area contributed by atoms with Crippen molar-refractivity contribution in [2.45, 2.75) is 0 Å². The maximum atomic E-state index is 10.8. The van der Waals surface area contributed by atoms with E-state index in [-0.39, 0.29) is 15.5 Å². The van der Waals surface area contributed by atoms with Crippen LogP contribution < -0.4 is 5.56 Å². The van der Waals surface area contributed by atoms with E-state index >= 15 is 0 Å². The number of benzene rings is 1. The van der Waals surface area contributed by atoms with E-state index in [1.54, 1.807) is 0 Å². The lowest BCUT2D eigenvalue weighted by atomic mass is 10.3. The lowest BCUT2D eigenvalue weighted by Crippen LogP contribution is -2.04. The largest absolute Gasteiger partial charge is 0.319 e. The van der Waals surface area contributed by atoms with Crippen molar-refractivity contribution in [3.05, 3.63) is 40.8 Å². The fraction of sp³-hybridized carbons (Fsp3) is 0. The highest BCUT2D eigenvalue weighted by Gasteiger charge is 1.90. The zero-order valence-corrected chi connectivity index (χ0v) is 7.08. The Kier molecular flexibility index (Phi) is 2.56. The highest BCUT2D eigenvalue weighted by atomic mass is 31.0. The molecule has 0 saturated heterocycles. The Hall–Kier alpha value is -1.21. The average molecular weight is 177 g/mol. The number of rotatable bonds is 0. The Labute approximate surface area is 72.5 Å². The van der Waals surface area contributed by atoms with Gasteiger partial charge in [0.1, 0.15) is 0 Å². The smallest absolute Gasteiger partial charge is 0.266 e. The molecular formula is C8H6N2OP. The van der Waals surface area contributed by atoms with Crippen LogP contribution in [0, 0.1) is 0 Å². The van der Waals surface area contributed by atoms with Gasteiger partial charge in [-0.3, -0.25) is 4.79 Å². The van der Waals surface area contributed by atoms with Crippen LogP contribution in [0.3, 0.4) is 0 Å². The van der Waals surface area contributed by atoms with Crippen molar-refractivity contribution in [2.75, 3.05) is 0 Å². The summed E-state index contributed by atoms with van der Waals surface area (Å²) in [7, 11) is 0. The fourth-order valence-corrected chi connectivity index (χ4v) is 0.985. The first-order valence-electron chi connectivity index (χ1n) is 3.30. The molecule has 3 nitrogen and oxygen atoms in total. The number of para-hydroxylation sites is 2. The molecule has 1 N–H and O–H groups in total. The van der Waals surface area contributed by atoms with E-state index in [4.69, 9.17) is 0 Å². The van der Waals surface area contributed by atoms with Crippen LogP contribution in [0.2, 0.25) is 0 Å². The Morgan fingerprint density at radius 1 is 1.25 bits per heavy atom. The monoisotopic (exact) mass is 177 g/mol. The Morgan fingerprint density at radius 3 is 2.83 bits per heavy atom. The molecule has 0 saturated carbocycles. The van der Waals surface area contributed by atoms with Gasteiger partial charge in [0.15, 0.2) is 0 Å². The van der Waals surface area contributed by atoms with Gasteiger partial charge in [0.2, 0.25) is 0 Å². The van der Waals surface area contributed by atoms with Gasteiger partial charge in [0, 0.05) is 9.90 Å². The summed E-state index contributed by atoms with van der Waals surface area (Å²) < 4.78 is 0. The Morgan fingerprint density at radius 2 is 2.00 bits per heavy atom. The van der Waals surface area contributed by atoms with Crippen LogP contribution in [0.4, 0.5) is 0 Å². The molecule has 59 valence electrons. The van der Waals surface area contributed by atoms with Gasteiger partial charge in [0.05, 0.1) is 17.2 Å². The number of nitrogens with zero attached hydrogens (tertiary/aromatic N) is 1. The predicted molar refractivity (Wildman–Crippen MR) is 49.3 cm³/mol. The zero-order valence-electron chi connectivity index (χ0n) is 6.19. The molecule has 0 amide bonds. The summed E-state index contributed by atoms with van der Waals surface area (Å²) in [6.45, 7) is 0. The Balaban J connectivity index is 0.000000720. The van der Waals surface area contributed by atoms with E-state index in [1.807, 2.05) is 24.3 Å². The summed E-state index contributed by atoms with van der Waals surface area (Å²) in [5, 5.41) is 0. The summed E-state index contributed by atoms with van der Waals surface area (Å²) in [5.41, 5.74) is 1.43. The third-order valence-corrected chi connectivity index (χ3v) is 1.48. The molecule has 3 radical (unpaired) electrons. The van der Waals surface area contributed by atoms with Crippen molar-refractivity contribution in [3.8, 4) is 0 Å². The second kappa shape index (κ2) is 3.46. The van der Waals surface area contributed by atoms with E-state index < -0.39 is 0 Å². The third kappa shape index (κ3) is 1.51. The van der Waals surface area contributed by atoms with Gasteiger partial charge in [0.25, 0.3) is 5.56 Å². The van der Waals surface area contributed by atoms with Crippen molar-refractivity contribution in [2.24, 2.45) is 0 Å².